The predicted molar refractivity (Wildman–Crippen MR) is 82.2 cm³/mol. The van der Waals surface area contributed by atoms with E-state index in [2.05, 4.69) is 10.6 Å². The third kappa shape index (κ3) is 6.23. The van der Waals surface area contributed by atoms with Crippen molar-refractivity contribution >= 4 is 12.1 Å². The van der Waals surface area contributed by atoms with Gasteiger partial charge in [-0.1, -0.05) is 20.8 Å². The van der Waals surface area contributed by atoms with Crippen LogP contribution < -0.4 is 10.6 Å². The number of nitrogens with zero attached hydrogens (tertiary/aromatic N) is 1. The SMILES string of the molecule is CC(C)(C)OC(=O)N[C@H](CN1CCCNC1=O)C(C)(C)C. The zero-order valence-corrected chi connectivity index (χ0v) is 14.1. The van der Waals surface area contributed by atoms with Crippen LogP contribution in [0.1, 0.15) is 48.0 Å². The van der Waals surface area contributed by atoms with Crippen LogP contribution in [0.4, 0.5) is 9.59 Å². The molecule has 1 saturated heterocycles. The lowest BCUT2D eigenvalue weighted by Crippen LogP contribution is -2.56. The molecule has 1 aliphatic rings. The highest BCUT2D eigenvalue weighted by atomic mass is 16.6. The number of urea groups is 1. The van der Waals surface area contributed by atoms with E-state index in [0.717, 1.165) is 13.0 Å². The molecule has 122 valence electrons. The van der Waals surface area contributed by atoms with Crippen molar-refractivity contribution in [1.29, 1.82) is 0 Å². The van der Waals surface area contributed by atoms with E-state index in [-0.39, 0.29) is 17.5 Å². The Morgan fingerprint density at radius 2 is 1.95 bits per heavy atom. The van der Waals surface area contributed by atoms with E-state index in [1.165, 1.54) is 0 Å². The van der Waals surface area contributed by atoms with Gasteiger partial charge in [-0.3, -0.25) is 0 Å². The second-order valence-corrected chi connectivity index (χ2v) is 7.60. The Morgan fingerprint density at radius 3 is 2.43 bits per heavy atom. The lowest BCUT2D eigenvalue weighted by molar-refractivity contribution is 0.0442. The van der Waals surface area contributed by atoms with Crippen molar-refractivity contribution in [2.45, 2.75) is 59.6 Å². The minimum absolute atomic E-state index is 0.0681. The Bertz CT molecular complexity index is 383. The number of carbonyl (C=O) groups is 2. The first-order valence-electron chi connectivity index (χ1n) is 7.51. The fourth-order valence-electron chi connectivity index (χ4n) is 2.06. The smallest absolute Gasteiger partial charge is 0.407 e. The summed E-state index contributed by atoms with van der Waals surface area (Å²) in [5, 5.41) is 5.72. The van der Waals surface area contributed by atoms with Crippen LogP contribution in [-0.2, 0) is 4.74 Å². The molecule has 6 nitrogen and oxygen atoms in total. The molecule has 0 aliphatic carbocycles. The summed E-state index contributed by atoms with van der Waals surface area (Å²) in [6.45, 7) is 13.5. The molecule has 0 aromatic carbocycles. The molecule has 1 aliphatic heterocycles. The number of ether oxygens (including phenoxy) is 1. The summed E-state index contributed by atoms with van der Waals surface area (Å²) in [5.41, 5.74) is -0.705. The Kier molecular flexibility index (Phi) is 5.48. The first-order chi connectivity index (χ1) is 9.49. The van der Waals surface area contributed by atoms with Gasteiger partial charge in [0.25, 0.3) is 0 Å². The van der Waals surface area contributed by atoms with Gasteiger partial charge >= 0.3 is 12.1 Å². The summed E-state index contributed by atoms with van der Waals surface area (Å²) in [4.78, 5) is 25.6. The molecule has 1 heterocycles. The van der Waals surface area contributed by atoms with Gasteiger partial charge in [0.2, 0.25) is 0 Å². The Labute approximate surface area is 127 Å². The van der Waals surface area contributed by atoms with Crippen LogP contribution in [0.5, 0.6) is 0 Å². The van der Waals surface area contributed by atoms with Crippen molar-refractivity contribution in [3.63, 3.8) is 0 Å². The molecule has 21 heavy (non-hydrogen) atoms. The maximum Gasteiger partial charge on any atom is 0.407 e. The summed E-state index contributed by atoms with van der Waals surface area (Å²) in [6, 6.07) is -0.238. The number of alkyl carbamates (subject to hydrolysis) is 1. The summed E-state index contributed by atoms with van der Waals surface area (Å²) in [5.74, 6) is 0. The number of hydrogen-bond acceptors (Lipinski definition) is 3. The number of nitrogens with one attached hydrogen (secondary N) is 2. The molecule has 0 bridgehead atoms. The van der Waals surface area contributed by atoms with Crippen LogP contribution in [-0.4, -0.2) is 48.3 Å². The van der Waals surface area contributed by atoms with Crippen molar-refractivity contribution in [2.24, 2.45) is 5.41 Å². The van der Waals surface area contributed by atoms with E-state index < -0.39 is 11.7 Å². The molecule has 0 aromatic heterocycles. The van der Waals surface area contributed by atoms with E-state index in [1.54, 1.807) is 4.90 Å². The van der Waals surface area contributed by atoms with Crippen LogP contribution in [0.25, 0.3) is 0 Å². The van der Waals surface area contributed by atoms with Crippen molar-refractivity contribution in [3.8, 4) is 0 Å². The Balaban J connectivity index is 2.68. The van der Waals surface area contributed by atoms with Crippen LogP contribution >= 0.6 is 0 Å². The lowest BCUT2D eigenvalue weighted by atomic mass is 9.86. The van der Waals surface area contributed by atoms with Gasteiger partial charge in [-0.2, -0.15) is 0 Å². The summed E-state index contributed by atoms with van der Waals surface area (Å²) in [7, 11) is 0. The van der Waals surface area contributed by atoms with Crippen molar-refractivity contribution in [3.05, 3.63) is 0 Å². The van der Waals surface area contributed by atoms with Crippen LogP contribution in [0.15, 0.2) is 0 Å². The molecular weight excluding hydrogens is 270 g/mol. The maximum atomic E-state index is 12.0. The minimum atomic E-state index is -0.533. The maximum absolute atomic E-state index is 12.0. The third-order valence-corrected chi connectivity index (χ3v) is 3.31. The van der Waals surface area contributed by atoms with Gasteiger partial charge in [0.15, 0.2) is 0 Å². The summed E-state index contributed by atoms with van der Waals surface area (Å²) < 4.78 is 5.31. The van der Waals surface area contributed by atoms with E-state index >= 15 is 0 Å². The van der Waals surface area contributed by atoms with E-state index in [1.807, 2.05) is 41.5 Å². The molecule has 6 heteroatoms. The van der Waals surface area contributed by atoms with Gasteiger partial charge in [-0.25, -0.2) is 9.59 Å². The van der Waals surface area contributed by atoms with Crippen molar-refractivity contribution < 1.29 is 14.3 Å². The number of carbonyl (C=O) groups excluding carboxylic acids is 2. The topological polar surface area (TPSA) is 70.7 Å². The highest BCUT2D eigenvalue weighted by Crippen LogP contribution is 2.21. The lowest BCUT2D eigenvalue weighted by Gasteiger charge is -2.37. The van der Waals surface area contributed by atoms with Crippen LogP contribution in [0, 0.1) is 5.41 Å². The third-order valence-electron chi connectivity index (χ3n) is 3.31. The summed E-state index contributed by atoms with van der Waals surface area (Å²) >= 11 is 0. The first kappa shape index (κ1) is 17.6. The van der Waals surface area contributed by atoms with E-state index in [0.29, 0.717) is 13.1 Å². The molecule has 1 rings (SSSR count). The number of rotatable bonds is 3. The van der Waals surface area contributed by atoms with E-state index in [9.17, 15) is 9.59 Å². The second kappa shape index (κ2) is 6.54. The fourth-order valence-corrected chi connectivity index (χ4v) is 2.06. The molecule has 3 amide bonds. The summed E-state index contributed by atoms with van der Waals surface area (Å²) in [6.07, 6.45) is 0.481. The first-order valence-corrected chi connectivity index (χ1v) is 7.51. The fraction of sp³-hybridized carbons (Fsp3) is 0.867. The molecule has 0 saturated carbocycles. The number of hydrogen-bond donors (Lipinski definition) is 2. The largest absolute Gasteiger partial charge is 0.444 e. The molecule has 0 spiro atoms. The molecule has 1 fully saturated rings. The zero-order chi connectivity index (χ0) is 16.3. The predicted octanol–water partition coefficient (Wildman–Crippen LogP) is 2.34. The van der Waals surface area contributed by atoms with Gasteiger partial charge in [-0.15, -0.1) is 0 Å². The van der Waals surface area contributed by atoms with Gasteiger partial charge in [-0.05, 0) is 32.6 Å². The van der Waals surface area contributed by atoms with Crippen LogP contribution in [0.3, 0.4) is 0 Å². The van der Waals surface area contributed by atoms with Crippen LogP contribution in [0.2, 0.25) is 0 Å². The molecule has 0 radical (unpaired) electrons. The van der Waals surface area contributed by atoms with Crippen molar-refractivity contribution in [1.82, 2.24) is 15.5 Å². The monoisotopic (exact) mass is 299 g/mol. The second-order valence-electron chi connectivity index (χ2n) is 7.60. The molecule has 2 N–H and O–H groups in total. The molecular formula is C15H29N3O3. The van der Waals surface area contributed by atoms with Gasteiger partial charge in [0, 0.05) is 19.6 Å². The van der Waals surface area contributed by atoms with Crippen molar-refractivity contribution in [2.75, 3.05) is 19.6 Å². The van der Waals surface area contributed by atoms with Gasteiger partial charge in [0.1, 0.15) is 5.60 Å². The standard InChI is InChI=1S/C15H29N3O3/c1-14(2,3)11(17-13(20)21-15(4,5)6)10-18-9-7-8-16-12(18)19/h11H,7-10H2,1-6H3,(H,16,19)(H,17,20)/t11-/m1/s1. The van der Waals surface area contributed by atoms with Gasteiger partial charge in [0.05, 0.1) is 6.04 Å². The Morgan fingerprint density at radius 1 is 1.33 bits per heavy atom. The quantitative estimate of drug-likeness (QED) is 0.840. The Hall–Kier alpha value is -1.46. The molecule has 0 aromatic rings. The molecule has 1 atom stereocenters. The average Bonchev–Trinajstić information content (AvgIpc) is 2.27. The number of amides is 3. The highest BCUT2D eigenvalue weighted by molar-refractivity contribution is 5.75. The average molecular weight is 299 g/mol. The van der Waals surface area contributed by atoms with E-state index in [4.69, 9.17) is 4.74 Å². The zero-order valence-electron chi connectivity index (χ0n) is 14.1. The molecule has 0 unspecified atom stereocenters. The highest BCUT2D eigenvalue weighted by Gasteiger charge is 2.32. The minimum Gasteiger partial charge on any atom is -0.444 e. The van der Waals surface area contributed by atoms with Gasteiger partial charge < -0.3 is 20.3 Å². The normalized spacial score (nSPS) is 18.0.